The van der Waals surface area contributed by atoms with Crippen LogP contribution < -0.4 is 10.1 Å². The number of ether oxygens (including phenoxy) is 1. The first kappa shape index (κ1) is 20.8. The Hall–Kier alpha value is -4.46. The van der Waals surface area contributed by atoms with E-state index in [0.717, 1.165) is 11.1 Å². The zero-order valence-corrected chi connectivity index (χ0v) is 17.5. The Bertz CT molecular complexity index is 1260. The van der Waals surface area contributed by atoms with Crippen molar-refractivity contribution in [2.24, 2.45) is 0 Å². The predicted octanol–water partition coefficient (Wildman–Crippen LogP) is 5.02. The van der Waals surface area contributed by atoms with Crippen LogP contribution in [0.1, 0.15) is 16.1 Å². The van der Waals surface area contributed by atoms with E-state index in [9.17, 15) is 14.9 Å². The average molecular weight is 428 g/mol. The minimum absolute atomic E-state index is 0.0399. The van der Waals surface area contributed by atoms with E-state index in [1.807, 2.05) is 55.5 Å². The molecule has 32 heavy (non-hydrogen) atoms. The molecule has 0 unspecified atom stereocenters. The third-order valence-corrected chi connectivity index (χ3v) is 4.94. The van der Waals surface area contributed by atoms with E-state index in [1.54, 1.807) is 25.3 Å². The van der Waals surface area contributed by atoms with Gasteiger partial charge in [-0.2, -0.15) is 5.10 Å². The minimum Gasteiger partial charge on any atom is -0.497 e. The van der Waals surface area contributed by atoms with Crippen LogP contribution in [0.4, 0.5) is 11.4 Å². The maximum Gasteiger partial charge on any atom is 0.274 e. The summed E-state index contributed by atoms with van der Waals surface area (Å²) in [5.41, 5.74) is 3.91. The van der Waals surface area contributed by atoms with Crippen molar-refractivity contribution in [1.29, 1.82) is 0 Å². The quantitative estimate of drug-likeness (QED) is 0.343. The molecule has 1 aromatic heterocycles. The van der Waals surface area contributed by atoms with Gasteiger partial charge in [0.1, 0.15) is 11.4 Å². The molecule has 1 amide bonds. The fourth-order valence-corrected chi connectivity index (χ4v) is 3.19. The SMILES string of the molecule is COc1ccc(-c2cc(C(=O)Nc3ccc(C)cc3)n(-c3ccc([N+](=O)[O-])cc3)n2)cc1. The molecule has 0 atom stereocenters. The van der Waals surface area contributed by atoms with E-state index in [-0.39, 0.29) is 11.6 Å². The van der Waals surface area contributed by atoms with Gasteiger partial charge in [0.15, 0.2) is 0 Å². The first-order valence-electron chi connectivity index (χ1n) is 9.82. The standard InChI is InChI=1S/C24H20N4O4/c1-16-3-7-18(8-4-16)25-24(29)23-15-22(17-5-13-21(32-2)14-6-17)26-27(23)19-9-11-20(12-10-19)28(30)31/h3-15H,1-2H3,(H,25,29). The number of aromatic nitrogens is 2. The van der Waals surface area contributed by atoms with Crippen molar-refractivity contribution < 1.29 is 14.5 Å². The fourth-order valence-electron chi connectivity index (χ4n) is 3.19. The van der Waals surface area contributed by atoms with Crippen LogP contribution in [0.3, 0.4) is 0 Å². The highest BCUT2D eigenvalue weighted by Gasteiger charge is 2.19. The second kappa shape index (κ2) is 8.73. The Morgan fingerprint density at radius 3 is 2.25 bits per heavy atom. The lowest BCUT2D eigenvalue weighted by Gasteiger charge is -2.08. The Morgan fingerprint density at radius 1 is 1.00 bits per heavy atom. The third kappa shape index (κ3) is 4.34. The van der Waals surface area contributed by atoms with Crippen LogP contribution in [0.2, 0.25) is 0 Å². The number of rotatable bonds is 6. The van der Waals surface area contributed by atoms with Gasteiger partial charge in [0.05, 0.1) is 23.4 Å². The number of methoxy groups -OCH3 is 1. The zero-order valence-electron chi connectivity index (χ0n) is 17.5. The van der Waals surface area contributed by atoms with Crippen molar-refractivity contribution in [3.8, 4) is 22.7 Å². The fraction of sp³-hybridized carbons (Fsp3) is 0.0833. The number of hydrogen-bond donors (Lipinski definition) is 1. The number of aryl methyl sites for hydroxylation is 1. The smallest absolute Gasteiger partial charge is 0.274 e. The molecular formula is C24H20N4O4. The molecule has 0 aliphatic carbocycles. The summed E-state index contributed by atoms with van der Waals surface area (Å²) in [4.78, 5) is 23.6. The molecule has 0 radical (unpaired) electrons. The second-order valence-electron chi connectivity index (χ2n) is 7.15. The number of hydrogen-bond acceptors (Lipinski definition) is 5. The molecule has 0 spiro atoms. The first-order valence-corrected chi connectivity index (χ1v) is 9.82. The van der Waals surface area contributed by atoms with Crippen molar-refractivity contribution in [1.82, 2.24) is 9.78 Å². The number of nitrogens with one attached hydrogen (secondary N) is 1. The van der Waals surface area contributed by atoms with Crippen LogP contribution in [0, 0.1) is 17.0 Å². The molecule has 8 nitrogen and oxygen atoms in total. The van der Waals surface area contributed by atoms with Crippen LogP contribution in [0.5, 0.6) is 5.75 Å². The van der Waals surface area contributed by atoms with Gasteiger partial charge in [0.2, 0.25) is 0 Å². The summed E-state index contributed by atoms with van der Waals surface area (Å²) in [6.07, 6.45) is 0. The molecule has 0 aliphatic rings. The van der Waals surface area contributed by atoms with Gasteiger partial charge in [-0.15, -0.1) is 0 Å². The molecule has 0 fully saturated rings. The Morgan fingerprint density at radius 2 is 1.66 bits per heavy atom. The molecule has 4 rings (SSSR count). The van der Waals surface area contributed by atoms with Crippen molar-refractivity contribution in [2.45, 2.75) is 6.92 Å². The number of benzene rings is 3. The number of nitro groups is 1. The maximum atomic E-state index is 13.1. The van der Waals surface area contributed by atoms with Gasteiger partial charge in [-0.05, 0) is 61.5 Å². The first-order chi connectivity index (χ1) is 15.4. The maximum absolute atomic E-state index is 13.1. The molecule has 1 N–H and O–H groups in total. The van der Waals surface area contributed by atoms with Gasteiger partial charge in [-0.3, -0.25) is 14.9 Å². The lowest BCUT2D eigenvalue weighted by Crippen LogP contribution is -2.17. The van der Waals surface area contributed by atoms with Gasteiger partial charge >= 0.3 is 0 Å². The lowest BCUT2D eigenvalue weighted by molar-refractivity contribution is -0.384. The number of nitro benzene ring substituents is 1. The molecule has 0 saturated heterocycles. The number of anilines is 1. The van der Waals surface area contributed by atoms with Crippen LogP contribution in [-0.4, -0.2) is 27.7 Å². The van der Waals surface area contributed by atoms with E-state index in [0.29, 0.717) is 28.5 Å². The predicted molar refractivity (Wildman–Crippen MR) is 121 cm³/mol. The molecule has 0 aliphatic heterocycles. The van der Waals surface area contributed by atoms with Gasteiger partial charge in [-0.1, -0.05) is 17.7 Å². The Balaban J connectivity index is 1.74. The normalized spacial score (nSPS) is 10.6. The number of non-ortho nitro benzene ring substituents is 1. The van der Waals surface area contributed by atoms with Gasteiger partial charge in [0, 0.05) is 23.4 Å². The highest BCUT2D eigenvalue weighted by molar-refractivity contribution is 6.04. The van der Waals surface area contributed by atoms with Crippen LogP contribution in [0.15, 0.2) is 78.9 Å². The van der Waals surface area contributed by atoms with Crippen LogP contribution in [-0.2, 0) is 0 Å². The summed E-state index contributed by atoms with van der Waals surface area (Å²) in [6, 6.07) is 22.4. The molecule has 0 saturated carbocycles. The monoisotopic (exact) mass is 428 g/mol. The summed E-state index contributed by atoms with van der Waals surface area (Å²) >= 11 is 0. The van der Waals surface area contributed by atoms with Crippen LogP contribution in [0.25, 0.3) is 16.9 Å². The van der Waals surface area contributed by atoms with E-state index in [1.165, 1.54) is 16.8 Å². The number of amides is 1. The van der Waals surface area contributed by atoms with Gasteiger partial charge in [-0.25, -0.2) is 4.68 Å². The minimum atomic E-state index is -0.472. The van der Waals surface area contributed by atoms with Crippen molar-refractivity contribution >= 4 is 17.3 Å². The van der Waals surface area contributed by atoms with E-state index in [2.05, 4.69) is 10.4 Å². The molecule has 1 heterocycles. The molecule has 0 bridgehead atoms. The topological polar surface area (TPSA) is 99.3 Å². The highest BCUT2D eigenvalue weighted by atomic mass is 16.6. The summed E-state index contributed by atoms with van der Waals surface area (Å²) in [6.45, 7) is 1.97. The lowest BCUT2D eigenvalue weighted by atomic mass is 10.1. The Kier molecular flexibility index (Phi) is 5.67. The van der Waals surface area contributed by atoms with E-state index < -0.39 is 4.92 Å². The van der Waals surface area contributed by atoms with E-state index >= 15 is 0 Å². The summed E-state index contributed by atoms with van der Waals surface area (Å²) in [5.74, 6) is 0.361. The third-order valence-electron chi connectivity index (χ3n) is 4.94. The van der Waals surface area contributed by atoms with Gasteiger partial charge < -0.3 is 10.1 Å². The summed E-state index contributed by atoms with van der Waals surface area (Å²) in [5, 5.41) is 18.5. The largest absolute Gasteiger partial charge is 0.497 e. The second-order valence-corrected chi connectivity index (χ2v) is 7.15. The number of carbonyl (C=O) groups is 1. The molecular weight excluding hydrogens is 408 g/mol. The summed E-state index contributed by atoms with van der Waals surface area (Å²) < 4.78 is 6.68. The van der Waals surface area contributed by atoms with Crippen molar-refractivity contribution in [3.05, 3.63) is 100 Å². The number of nitrogens with zero attached hydrogens (tertiary/aromatic N) is 3. The van der Waals surface area contributed by atoms with Gasteiger partial charge in [0.25, 0.3) is 11.6 Å². The highest BCUT2D eigenvalue weighted by Crippen LogP contribution is 2.25. The van der Waals surface area contributed by atoms with Crippen molar-refractivity contribution in [3.63, 3.8) is 0 Å². The average Bonchev–Trinajstić information content (AvgIpc) is 3.26. The molecule has 8 heteroatoms. The molecule has 4 aromatic rings. The van der Waals surface area contributed by atoms with Crippen LogP contribution >= 0.6 is 0 Å². The van der Waals surface area contributed by atoms with Crippen molar-refractivity contribution in [2.75, 3.05) is 12.4 Å². The Labute approximate surface area is 184 Å². The zero-order chi connectivity index (χ0) is 22.7. The van der Waals surface area contributed by atoms with E-state index in [4.69, 9.17) is 4.74 Å². The number of carbonyl (C=O) groups excluding carboxylic acids is 1. The summed E-state index contributed by atoms with van der Waals surface area (Å²) in [7, 11) is 1.59. The molecule has 160 valence electrons. The molecule has 3 aromatic carbocycles.